The van der Waals surface area contributed by atoms with Crippen LogP contribution in [0.5, 0.6) is 0 Å². The van der Waals surface area contributed by atoms with Crippen molar-refractivity contribution < 1.29 is 9.53 Å². The van der Waals surface area contributed by atoms with E-state index in [1.165, 1.54) is 16.3 Å². The van der Waals surface area contributed by atoms with Crippen LogP contribution in [0.15, 0.2) is 34.2 Å². The normalized spacial score (nSPS) is 16.9. The molecule has 0 radical (unpaired) electrons. The first-order valence-corrected chi connectivity index (χ1v) is 9.39. The SMILES string of the molecule is O=C(CSc1n[nH]c(=O)n1C[C@H]1CCCO1)NCc1ccc(Cl)cc1. The maximum Gasteiger partial charge on any atom is 0.344 e. The molecule has 134 valence electrons. The van der Waals surface area contributed by atoms with Gasteiger partial charge >= 0.3 is 5.69 Å². The van der Waals surface area contributed by atoms with Crippen LogP contribution in [-0.2, 0) is 22.6 Å². The average molecular weight is 383 g/mol. The largest absolute Gasteiger partial charge is 0.376 e. The molecule has 1 aromatic carbocycles. The van der Waals surface area contributed by atoms with Crippen molar-refractivity contribution in [1.29, 1.82) is 0 Å². The van der Waals surface area contributed by atoms with Gasteiger partial charge in [-0.2, -0.15) is 0 Å². The molecular formula is C16H19ClN4O3S. The second kappa shape index (κ2) is 8.55. The van der Waals surface area contributed by atoms with Crippen LogP contribution >= 0.6 is 23.4 Å². The zero-order valence-corrected chi connectivity index (χ0v) is 15.1. The van der Waals surface area contributed by atoms with Gasteiger partial charge in [0.15, 0.2) is 5.16 Å². The number of aromatic amines is 1. The Morgan fingerprint density at radius 3 is 2.96 bits per heavy atom. The molecule has 2 aromatic rings. The van der Waals surface area contributed by atoms with Crippen molar-refractivity contribution >= 4 is 29.3 Å². The Labute approximate surface area is 154 Å². The summed E-state index contributed by atoms with van der Waals surface area (Å²) in [6.45, 7) is 1.62. The van der Waals surface area contributed by atoms with Crippen LogP contribution in [-0.4, -0.2) is 39.1 Å². The highest BCUT2D eigenvalue weighted by Gasteiger charge is 2.20. The number of carbonyl (C=O) groups is 1. The molecule has 1 aromatic heterocycles. The minimum Gasteiger partial charge on any atom is -0.376 e. The summed E-state index contributed by atoms with van der Waals surface area (Å²) in [5, 5.41) is 10.4. The number of nitrogens with zero attached hydrogens (tertiary/aromatic N) is 2. The summed E-state index contributed by atoms with van der Waals surface area (Å²) in [5.74, 6) is 0.0581. The molecule has 1 saturated heterocycles. The van der Waals surface area contributed by atoms with Crippen LogP contribution in [0.2, 0.25) is 5.02 Å². The monoisotopic (exact) mass is 382 g/mol. The number of ether oxygens (including phenoxy) is 1. The average Bonchev–Trinajstić information content (AvgIpc) is 3.24. The smallest absolute Gasteiger partial charge is 0.344 e. The Bertz CT molecular complexity index is 768. The molecule has 0 aliphatic carbocycles. The summed E-state index contributed by atoms with van der Waals surface area (Å²) in [6, 6.07) is 7.29. The standard InChI is InChI=1S/C16H19ClN4O3S/c17-12-5-3-11(4-6-12)8-18-14(22)10-25-16-20-19-15(23)21(16)9-13-2-1-7-24-13/h3-6,13H,1-2,7-10H2,(H,18,22)(H,19,23)/t13-/m1/s1. The predicted octanol–water partition coefficient (Wildman–Crippen LogP) is 1.81. The van der Waals surface area contributed by atoms with E-state index in [-0.39, 0.29) is 23.5 Å². The number of carbonyl (C=O) groups excluding carboxylic acids is 1. The van der Waals surface area contributed by atoms with Gasteiger partial charge < -0.3 is 10.1 Å². The van der Waals surface area contributed by atoms with E-state index in [1.54, 1.807) is 12.1 Å². The van der Waals surface area contributed by atoms with Gasteiger partial charge in [-0.25, -0.2) is 9.89 Å². The molecule has 0 saturated carbocycles. The molecule has 1 amide bonds. The van der Waals surface area contributed by atoms with E-state index in [0.29, 0.717) is 23.3 Å². The van der Waals surface area contributed by atoms with Gasteiger partial charge in [0, 0.05) is 18.2 Å². The highest BCUT2D eigenvalue weighted by Crippen LogP contribution is 2.18. The number of H-pyrrole nitrogens is 1. The highest BCUT2D eigenvalue weighted by molar-refractivity contribution is 7.99. The van der Waals surface area contributed by atoms with Crippen molar-refractivity contribution in [3.63, 3.8) is 0 Å². The van der Waals surface area contributed by atoms with E-state index in [1.807, 2.05) is 12.1 Å². The quantitative estimate of drug-likeness (QED) is 0.713. The Balaban J connectivity index is 1.50. The second-order valence-corrected chi connectivity index (χ2v) is 7.13. The summed E-state index contributed by atoms with van der Waals surface area (Å²) in [7, 11) is 0. The molecular weight excluding hydrogens is 364 g/mol. The van der Waals surface area contributed by atoms with E-state index in [9.17, 15) is 9.59 Å². The molecule has 2 N–H and O–H groups in total. The van der Waals surface area contributed by atoms with Gasteiger partial charge in [-0.05, 0) is 30.5 Å². The van der Waals surface area contributed by atoms with Gasteiger partial charge in [-0.15, -0.1) is 5.10 Å². The van der Waals surface area contributed by atoms with E-state index < -0.39 is 0 Å². The first-order valence-electron chi connectivity index (χ1n) is 8.02. The Morgan fingerprint density at radius 1 is 1.44 bits per heavy atom. The van der Waals surface area contributed by atoms with Crippen molar-refractivity contribution in [3.05, 3.63) is 45.3 Å². The third-order valence-corrected chi connectivity index (χ3v) is 5.10. The van der Waals surface area contributed by atoms with Gasteiger partial charge in [-0.1, -0.05) is 35.5 Å². The minimum absolute atomic E-state index is 0.0355. The van der Waals surface area contributed by atoms with Crippen molar-refractivity contribution in [1.82, 2.24) is 20.1 Å². The zero-order chi connectivity index (χ0) is 17.6. The lowest BCUT2D eigenvalue weighted by atomic mass is 10.2. The second-order valence-electron chi connectivity index (χ2n) is 5.75. The molecule has 1 aliphatic rings. The third kappa shape index (κ3) is 5.10. The summed E-state index contributed by atoms with van der Waals surface area (Å²) in [6.07, 6.45) is 1.98. The van der Waals surface area contributed by atoms with Crippen LogP contribution in [0.4, 0.5) is 0 Å². The van der Waals surface area contributed by atoms with Gasteiger partial charge in [0.25, 0.3) is 0 Å². The molecule has 3 rings (SSSR count). The molecule has 0 bridgehead atoms. The van der Waals surface area contributed by atoms with Gasteiger partial charge in [0.05, 0.1) is 18.4 Å². The lowest BCUT2D eigenvalue weighted by Gasteiger charge is -2.11. The Kier molecular flexibility index (Phi) is 6.17. The summed E-state index contributed by atoms with van der Waals surface area (Å²) < 4.78 is 7.09. The number of amides is 1. The number of rotatable bonds is 7. The van der Waals surface area contributed by atoms with Crippen LogP contribution in [0.3, 0.4) is 0 Å². The molecule has 1 fully saturated rings. The number of thioether (sulfide) groups is 1. The van der Waals surface area contributed by atoms with Crippen LogP contribution in [0.1, 0.15) is 18.4 Å². The van der Waals surface area contributed by atoms with E-state index in [4.69, 9.17) is 16.3 Å². The van der Waals surface area contributed by atoms with Crippen molar-refractivity contribution in [3.8, 4) is 0 Å². The van der Waals surface area contributed by atoms with Crippen molar-refractivity contribution in [2.24, 2.45) is 0 Å². The molecule has 1 aliphatic heterocycles. The predicted molar refractivity (Wildman–Crippen MR) is 95.8 cm³/mol. The zero-order valence-electron chi connectivity index (χ0n) is 13.5. The van der Waals surface area contributed by atoms with Crippen LogP contribution in [0.25, 0.3) is 0 Å². The molecule has 0 spiro atoms. The van der Waals surface area contributed by atoms with Crippen LogP contribution in [0, 0.1) is 0 Å². The Hall–Kier alpha value is -1.77. The van der Waals surface area contributed by atoms with Gasteiger partial charge in [0.1, 0.15) is 0 Å². The van der Waals surface area contributed by atoms with E-state index >= 15 is 0 Å². The fourth-order valence-electron chi connectivity index (χ4n) is 2.55. The number of aromatic nitrogens is 3. The Morgan fingerprint density at radius 2 is 2.24 bits per heavy atom. The number of halogens is 1. The number of hydrogen-bond acceptors (Lipinski definition) is 5. The molecule has 2 heterocycles. The van der Waals surface area contributed by atoms with E-state index in [2.05, 4.69) is 15.5 Å². The first kappa shape index (κ1) is 18.0. The van der Waals surface area contributed by atoms with Crippen molar-refractivity contribution in [2.45, 2.75) is 37.2 Å². The lowest BCUT2D eigenvalue weighted by Crippen LogP contribution is -2.26. The fourth-order valence-corrected chi connectivity index (χ4v) is 3.46. The van der Waals surface area contributed by atoms with Crippen molar-refractivity contribution in [2.75, 3.05) is 12.4 Å². The highest BCUT2D eigenvalue weighted by atomic mass is 35.5. The maximum atomic E-state index is 12.0. The van der Waals surface area contributed by atoms with E-state index in [0.717, 1.165) is 25.0 Å². The summed E-state index contributed by atoms with van der Waals surface area (Å²) in [5.41, 5.74) is 0.692. The summed E-state index contributed by atoms with van der Waals surface area (Å²) in [4.78, 5) is 23.9. The molecule has 7 nitrogen and oxygen atoms in total. The minimum atomic E-state index is -0.278. The van der Waals surface area contributed by atoms with Gasteiger partial charge in [0.2, 0.25) is 5.91 Å². The number of benzene rings is 1. The third-order valence-electron chi connectivity index (χ3n) is 3.87. The molecule has 1 atom stereocenters. The number of nitrogens with one attached hydrogen (secondary N) is 2. The fraction of sp³-hybridized carbons (Fsp3) is 0.438. The van der Waals surface area contributed by atoms with Gasteiger partial charge in [-0.3, -0.25) is 9.36 Å². The van der Waals surface area contributed by atoms with Crippen LogP contribution < -0.4 is 11.0 Å². The topological polar surface area (TPSA) is 89.0 Å². The summed E-state index contributed by atoms with van der Waals surface area (Å²) >= 11 is 7.06. The lowest BCUT2D eigenvalue weighted by molar-refractivity contribution is -0.118. The maximum absolute atomic E-state index is 12.0. The molecule has 0 unspecified atom stereocenters. The molecule has 25 heavy (non-hydrogen) atoms. The molecule has 9 heteroatoms. The first-order chi connectivity index (χ1) is 12.1. The number of hydrogen-bond donors (Lipinski definition) is 2.